The van der Waals surface area contributed by atoms with Crippen molar-refractivity contribution in [2.45, 2.75) is 17.6 Å². The Morgan fingerprint density at radius 2 is 1.64 bits per heavy atom. The maximum atomic E-state index is 12.7. The van der Waals surface area contributed by atoms with E-state index in [0.717, 1.165) is 42.1 Å². The fraction of sp³-hybridized carbons (Fsp3) is 0.368. The molecule has 2 aromatic rings. The standard InChI is InChI=1S/C19H21F3N2O3S/c1-27-18-5-3-2-4-15(18)14-23-10-12-24(13-11-23)28(25,26)17-8-6-16(7-9-17)19(20,21)22/h2-9H,10-14H2,1H3/p+1. The van der Waals surface area contributed by atoms with Crippen molar-refractivity contribution in [2.24, 2.45) is 0 Å². The van der Waals surface area contributed by atoms with Gasteiger partial charge in [-0.3, -0.25) is 0 Å². The van der Waals surface area contributed by atoms with Crippen LogP contribution >= 0.6 is 0 Å². The smallest absolute Gasteiger partial charge is 0.416 e. The third kappa shape index (κ3) is 4.48. The van der Waals surface area contributed by atoms with Gasteiger partial charge in [0, 0.05) is 5.56 Å². The van der Waals surface area contributed by atoms with Crippen LogP contribution in [0.15, 0.2) is 53.4 Å². The number of halogens is 3. The van der Waals surface area contributed by atoms with Crippen LogP contribution in [0.2, 0.25) is 0 Å². The summed E-state index contributed by atoms with van der Waals surface area (Å²) in [5.41, 5.74) is 0.191. The lowest BCUT2D eigenvalue weighted by Crippen LogP contribution is -3.13. The third-order valence-electron chi connectivity index (χ3n) is 4.88. The average molecular weight is 415 g/mol. The minimum Gasteiger partial charge on any atom is -0.496 e. The van der Waals surface area contributed by atoms with Crippen LogP contribution in [0.3, 0.4) is 0 Å². The van der Waals surface area contributed by atoms with Gasteiger partial charge in [-0.25, -0.2) is 8.42 Å². The van der Waals surface area contributed by atoms with Crippen molar-refractivity contribution >= 4 is 10.0 Å². The zero-order valence-electron chi connectivity index (χ0n) is 15.4. The summed E-state index contributed by atoms with van der Waals surface area (Å²) in [6.07, 6.45) is -4.49. The fourth-order valence-corrected chi connectivity index (χ4v) is 4.74. The molecule has 0 radical (unpaired) electrons. The van der Waals surface area contributed by atoms with Crippen molar-refractivity contribution in [1.29, 1.82) is 0 Å². The molecule has 0 spiro atoms. The van der Waals surface area contributed by atoms with E-state index in [0.29, 0.717) is 26.2 Å². The van der Waals surface area contributed by atoms with E-state index in [-0.39, 0.29) is 4.90 Å². The van der Waals surface area contributed by atoms with Gasteiger partial charge in [0.15, 0.2) is 0 Å². The Bertz CT molecular complexity index is 907. The zero-order valence-corrected chi connectivity index (χ0v) is 16.2. The first-order chi connectivity index (χ1) is 13.2. The summed E-state index contributed by atoms with van der Waals surface area (Å²) in [4.78, 5) is 1.11. The number of methoxy groups -OCH3 is 1. The van der Waals surface area contributed by atoms with Crippen molar-refractivity contribution in [3.05, 3.63) is 59.7 Å². The summed E-state index contributed by atoms with van der Waals surface area (Å²) in [5.74, 6) is 0.801. The summed E-state index contributed by atoms with van der Waals surface area (Å²) < 4.78 is 70.2. The van der Waals surface area contributed by atoms with E-state index in [1.807, 2.05) is 24.3 Å². The highest BCUT2D eigenvalue weighted by molar-refractivity contribution is 7.89. The van der Waals surface area contributed by atoms with Crippen LogP contribution < -0.4 is 9.64 Å². The van der Waals surface area contributed by atoms with Gasteiger partial charge in [0.2, 0.25) is 10.0 Å². The molecule has 1 heterocycles. The van der Waals surface area contributed by atoms with Gasteiger partial charge in [-0.1, -0.05) is 12.1 Å². The zero-order chi connectivity index (χ0) is 20.4. The molecule has 1 aliphatic heterocycles. The molecule has 0 saturated carbocycles. The van der Waals surface area contributed by atoms with E-state index >= 15 is 0 Å². The number of nitrogens with zero attached hydrogens (tertiary/aromatic N) is 1. The molecule has 2 aromatic carbocycles. The minimum absolute atomic E-state index is 0.117. The molecule has 0 aromatic heterocycles. The lowest BCUT2D eigenvalue weighted by molar-refractivity contribution is -0.917. The van der Waals surface area contributed by atoms with Gasteiger partial charge in [0.05, 0.1) is 43.7 Å². The number of benzene rings is 2. The predicted molar refractivity (Wildman–Crippen MR) is 97.6 cm³/mol. The second-order valence-electron chi connectivity index (χ2n) is 6.66. The third-order valence-corrected chi connectivity index (χ3v) is 6.79. The Balaban J connectivity index is 1.65. The quantitative estimate of drug-likeness (QED) is 0.811. The summed E-state index contributed by atoms with van der Waals surface area (Å²) in [6, 6.07) is 11.3. The van der Waals surface area contributed by atoms with Crippen LogP contribution in [0, 0.1) is 0 Å². The van der Waals surface area contributed by atoms with Crippen LogP contribution in [0.1, 0.15) is 11.1 Å². The second-order valence-corrected chi connectivity index (χ2v) is 8.60. The first kappa shape index (κ1) is 20.6. The minimum atomic E-state index is -4.49. The van der Waals surface area contributed by atoms with Crippen molar-refractivity contribution in [2.75, 3.05) is 33.3 Å². The van der Waals surface area contributed by atoms with Crippen LogP contribution in [-0.2, 0) is 22.7 Å². The van der Waals surface area contributed by atoms with E-state index in [2.05, 4.69) is 0 Å². The molecule has 1 aliphatic rings. The van der Waals surface area contributed by atoms with Gasteiger partial charge in [0.25, 0.3) is 0 Å². The first-order valence-corrected chi connectivity index (χ1v) is 10.3. The number of hydrogen-bond donors (Lipinski definition) is 1. The number of alkyl halides is 3. The van der Waals surface area contributed by atoms with Crippen molar-refractivity contribution in [3.63, 3.8) is 0 Å². The Morgan fingerprint density at radius 1 is 1.04 bits per heavy atom. The molecular weight excluding hydrogens is 393 g/mol. The van der Waals surface area contributed by atoms with Crippen molar-refractivity contribution < 1.29 is 31.2 Å². The lowest BCUT2D eigenvalue weighted by atomic mass is 10.2. The van der Waals surface area contributed by atoms with Gasteiger partial charge in [-0.05, 0) is 36.4 Å². The van der Waals surface area contributed by atoms with Gasteiger partial charge in [-0.15, -0.1) is 0 Å². The highest BCUT2D eigenvalue weighted by atomic mass is 32.2. The molecule has 0 aliphatic carbocycles. The summed E-state index contributed by atoms with van der Waals surface area (Å²) >= 11 is 0. The predicted octanol–water partition coefficient (Wildman–Crippen LogP) is 1.80. The molecule has 9 heteroatoms. The Morgan fingerprint density at radius 3 is 2.21 bits per heavy atom. The normalized spacial score (nSPS) is 16.9. The number of sulfonamides is 1. The Hall–Kier alpha value is -2.10. The van der Waals surface area contributed by atoms with Crippen molar-refractivity contribution in [3.8, 4) is 5.75 Å². The van der Waals surface area contributed by atoms with Crippen molar-refractivity contribution in [1.82, 2.24) is 4.31 Å². The molecular formula is C19H22F3N2O3S+. The van der Waals surface area contributed by atoms with Crippen LogP contribution in [0.25, 0.3) is 0 Å². The maximum Gasteiger partial charge on any atom is 0.416 e. The van der Waals surface area contributed by atoms with E-state index < -0.39 is 21.8 Å². The molecule has 28 heavy (non-hydrogen) atoms. The van der Waals surface area contributed by atoms with Gasteiger partial charge in [0.1, 0.15) is 12.3 Å². The van der Waals surface area contributed by atoms with Crippen LogP contribution in [-0.4, -0.2) is 46.0 Å². The molecule has 1 saturated heterocycles. The molecule has 152 valence electrons. The molecule has 0 unspecified atom stereocenters. The largest absolute Gasteiger partial charge is 0.496 e. The molecule has 0 amide bonds. The fourth-order valence-electron chi connectivity index (χ4n) is 3.30. The number of piperazine rings is 1. The van der Waals surface area contributed by atoms with Crippen LogP contribution in [0.4, 0.5) is 13.2 Å². The highest BCUT2D eigenvalue weighted by Gasteiger charge is 2.33. The summed E-state index contributed by atoms with van der Waals surface area (Å²) in [6.45, 7) is 2.57. The molecule has 5 nitrogen and oxygen atoms in total. The van der Waals surface area contributed by atoms with E-state index in [4.69, 9.17) is 4.74 Å². The number of hydrogen-bond acceptors (Lipinski definition) is 3. The first-order valence-electron chi connectivity index (χ1n) is 8.84. The Labute approximate surface area is 162 Å². The lowest BCUT2D eigenvalue weighted by Gasteiger charge is -2.31. The molecule has 0 atom stereocenters. The molecule has 1 fully saturated rings. The van der Waals surface area contributed by atoms with E-state index in [1.54, 1.807) is 7.11 Å². The van der Waals surface area contributed by atoms with Gasteiger partial charge in [-0.2, -0.15) is 17.5 Å². The van der Waals surface area contributed by atoms with E-state index in [9.17, 15) is 21.6 Å². The average Bonchev–Trinajstić information content (AvgIpc) is 2.68. The Kier molecular flexibility index (Phi) is 5.97. The van der Waals surface area contributed by atoms with Gasteiger partial charge >= 0.3 is 6.18 Å². The number of quaternary nitrogens is 1. The monoisotopic (exact) mass is 415 g/mol. The topological polar surface area (TPSA) is 51.1 Å². The summed E-state index contributed by atoms with van der Waals surface area (Å²) in [7, 11) is -2.19. The molecule has 1 N–H and O–H groups in total. The SMILES string of the molecule is COc1ccccc1C[NH+]1CCN(S(=O)(=O)c2ccc(C(F)(F)F)cc2)CC1. The second kappa shape index (κ2) is 8.10. The number of para-hydroxylation sites is 1. The number of nitrogens with one attached hydrogen (secondary N) is 1. The maximum absolute atomic E-state index is 12.7. The highest BCUT2D eigenvalue weighted by Crippen LogP contribution is 2.30. The number of ether oxygens (including phenoxy) is 1. The van der Waals surface area contributed by atoms with Gasteiger partial charge < -0.3 is 9.64 Å². The molecule has 0 bridgehead atoms. The van der Waals surface area contributed by atoms with Crippen LogP contribution in [0.5, 0.6) is 5.75 Å². The summed E-state index contributed by atoms with van der Waals surface area (Å²) in [5, 5.41) is 0. The number of rotatable bonds is 5. The molecule has 3 rings (SSSR count). The van der Waals surface area contributed by atoms with E-state index in [1.165, 1.54) is 9.21 Å².